The van der Waals surface area contributed by atoms with Crippen LogP contribution in [0.25, 0.3) is 16.6 Å². The predicted molar refractivity (Wildman–Crippen MR) is 139 cm³/mol. The number of carbonyl (C=O) groups is 1. The second-order valence-corrected chi connectivity index (χ2v) is 11.0. The molecule has 0 radical (unpaired) electrons. The molecule has 0 spiro atoms. The predicted octanol–water partition coefficient (Wildman–Crippen LogP) is -0.208. The maximum Gasteiger partial charge on any atom is 0.251 e. The lowest BCUT2D eigenvalue weighted by Gasteiger charge is -2.40. The number of nitrogens with zero attached hydrogens (tertiary/aromatic N) is 3. The van der Waals surface area contributed by atoms with Crippen LogP contribution in [0.2, 0.25) is 0 Å². The summed E-state index contributed by atoms with van der Waals surface area (Å²) in [4.78, 5) is 21.4. The van der Waals surface area contributed by atoms with E-state index in [9.17, 15) is 33.6 Å². The number of carbonyl (C=O) groups excluding carboxylic acids is 1. The average molecular weight is 571 g/mol. The van der Waals surface area contributed by atoms with Crippen molar-refractivity contribution in [2.75, 3.05) is 13.7 Å². The maximum atomic E-state index is 13.7. The highest BCUT2D eigenvalue weighted by atomic mass is 32.2. The minimum absolute atomic E-state index is 0.00438. The number of imidazole rings is 1. The molecule has 2 unspecified atom stereocenters. The molecule has 14 heteroatoms. The van der Waals surface area contributed by atoms with Gasteiger partial charge in [-0.05, 0) is 42.5 Å². The third kappa shape index (κ3) is 4.92. The van der Waals surface area contributed by atoms with Crippen LogP contribution in [0.5, 0.6) is 5.75 Å². The van der Waals surface area contributed by atoms with E-state index in [1.165, 1.54) is 72.9 Å². The summed E-state index contributed by atoms with van der Waals surface area (Å²) in [5.74, 6) is -0.262. The number of sulfone groups is 1. The summed E-state index contributed by atoms with van der Waals surface area (Å²) in [7, 11) is -2.62. The molecule has 2 aromatic heterocycles. The average Bonchev–Trinajstić information content (AvgIpc) is 3.50. The van der Waals surface area contributed by atoms with Gasteiger partial charge in [0, 0.05) is 29.5 Å². The van der Waals surface area contributed by atoms with Gasteiger partial charge in [-0.1, -0.05) is 0 Å². The van der Waals surface area contributed by atoms with Crippen molar-refractivity contribution in [1.82, 2.24) is 19.9 Å². The van der Waals surface area contributed by atoms with E-state index in [-0.39, 0.29) is 21.0 Å². The molecule has 13 nitrogen and oxygen atoms in total. The van der Waals surface area contributed by atoms with Gasteiger partial charge in [-0.2, -0.15) is 0 Å². The van der Waals surface area contributed by atoms with Crippen molar-refractivity contribution < 1.29 is 43.1 Å². The quantitative estimate of drug-likeness (QED) is 0.197. The van der Waals surface area contributed by atoms with Crippen LogP contribution in [0.1, 0.15) is 10.4 Å². The number of ether oxygens (including phenoxy) is 2. The first kappa shape index (κ1) is 27.6. The van der Waals surface area contributed by atoms with Crippen molar-refractivity contribution >= 4 is 26.6 Å². The molecular weight excluding hydrogens is 544 g/mol. The normalized spacial score (nSPS) is 23.2. The third-order valence-corrected chi connectivity index (χ3v) is 8.46. The molecule has 5 atom stereocenters. The van der Waals surface area contributed by atoms with Gasteiger partial charge >= 0.3 is 0 Å². The molecule has 1 saturated heterocycles. The van der Waals surface area contributed by atoms with Crippen LogP contribution < -0.4 is 10.1 Å². The van der Waals surface area contributed by atoms with E-state index in [2.05, 4.69) is 15.3 Å². The Labute approximate surface area is 228 Å². The molecule has 5 N–H and O–H groups in total. The first-order valence-corrected chi connectivity index (χ1v) is 13.6. The van der Waals surface area contributed by atoms with Gasteiger partial charge in [-0.25, -0.2) is 13.4 Å². The number of nitrogens with one attached hydrogen (secondary N) is 1. The zero-order valence-electron chi connectivity index (χ0n) is 21.0. The number of rotatable bonds is 7. The lowest BCUT2D eigenvalue weighted by atomic mass is 9.96. The van der Waals surface area contributed by atoms with E-state index < -0.39 is 53.0 Å². The molecule has 2 aromatic carbocycles. The lowest BCUT2D eigenvalue weighted by Crippen LogP contribution is -2.64. The van der Waals surface area contributed by atoms with Crippen LogP contribution in [0, 0.1) is 0 Å². The van der Waals surface area contributed by atoms with Gasteiger partial charge in [0.15, 0.2) is 6.29 Å². The van der Waals surface area contributed by atoms with E-state index in [0.717, 1.165) is 0 Å². The van der Waals surface area contributed by atoms with Crippen molar-refractivity contribution in [3.63, 3.8) is 0 Å². The lowest BCUT2D eigenvalue weighted by molar-refractivity contribution is -0.252. The van der Waals surface area contributed by atoms with Crippen LogP contribution in [-0.4, -0.2) is 93.6 Å². The Balaban J connectivity index is 1.57. The van der Waals surface area contributed by atoms with E-state index >= 15 is 0 Å². The Bertz CT molecular complexity index is 1630. The fourth-order valence-electron chi connectivity index (χ4n) is 4.53. The van der Waals surface area contributed by atoms with Gasteiger partial charge in [0.2, 0.25) is 9.84 Å². The number of methoxy groups -OCH3 is 1. The molecule has 40 heavy (non-hydrogen) atoms. The Kier molecular flexibility index (Phi) is 7.55. The smallest absolute Gasteiger partial charge is 0.251 e. The minimum atomic E-state index is -4.09. The second-order valence-electron chi connectivity index (χ2n) is 9.08. The van der Waals surface area contributed by atoms with Crippen LogP contribution in [-0.2, 0) is 14.6 Å². The van der Waals surface area contributed by atoms with Gasteiger partial charge in [0.05, 0.1) is 36.1 Å². The number of fused-ring (bicyclic) bond motifs is 1. The van der Waals surface area contributed by atoms with Gasteiger partial charge in [-0.15, -0.1) is 0 Å². The Morgan fingerprint density at radius 3 is 2.52 bits per heavy atom. The molecule has 0 aliphatic carbocycles. The van der Waals surface area contributed by atoms with Crippen LogP contribution in [0.3, 0.4) is 0 Å². The minimum Gasteiger partial charge on any atom is -0.497 e. The Morgan fingerprint density at radius 1 is 1.12 bits per heavy atom. The van der Waals surface area contributed by atoms with Gasteiger partial charge < -0.3 is 39.8 Å². The Morgan fingerprint density at radius 2 is 1.88 bits per heavy atom. The number of pyridine rings is 1. The number of aromatic nitrogens is 3. The summed E-state index contributed by atoms with van der Waals surface area (Å²) in [5, 5.41) is 42.8. The van der Waals surface area contributed by atoms with E-state index in [4.69, 9.17) is 9.47 Å². The fraction of sp³-hybridized carbons (Fsp3) is 0.269. The van der Waals surface area contributed by atoms with E-state index in [1.807, 2.05) is 0 Å². The van der Waals surface area contributed by atoms with Gasteiger partial charge in [0.25, 0.3) is 5.91 Å². The van der Waals surface area contributed by atoms with E-state index in [0.29, 0.717) is 16.7 Å². The standard InChI is InChI=1S/C26H26N4O9S/c1-38-15-3-5-16(6-4-15)40(36,37)20-11-28-18-7-2-14(10-17(18)22(20)30-9-8-27-13-30)25(34)29-21-24(33)23(32)19(12-31)39-26(21)35/h2-11,13,19,21,23-24,26,31-33,35H,12H2,1H3,(H,29,34)/t19-,21?,23-,24-,26?/m1/s1. The zero-order valence-corrected chi connectivity index (χ0v) is 21.8. The van der Waals surface area contributed by atoms with Crippen LogP contribution in [0.15, 0.2) is 77.2 Å². The van der Waals surface area contributed by atoms with Crippen molar-refractivity contribution in [2.45, 2.75) is 40.4 Å². The summed E-state index contributed by atoms with van der Waals surface area (Å²) in [6.45, 7) is -0.646. The molecule has 3 heterocycles. The van der Waals surface area contributed by atoms with Crippen molar-refractivity contribution in [2.24, 2.45) is 0 Å². The summed E-state index contributed by atoms with van der Waals surface area (Å²) < 4.78 is 39.2. The maximum absolute atomic E-state index is 13.7. The molecule has 4 aromatic rings. The second kappa shape index (κ2) is 10.9. The monoisotopic (exact) mass is 570 g/mol. The highest BCUT2D eigenvalue weighted by molar-refractivity contribution is 7.91. The molecule has 5 rings (SSSR count). The third-order valence-electron chi connectivity index (χ3n) is 6.69. The van der Waals surface area contributed by atoms with Crippen molar-refractivity contribution in [3.05, 3.63) is 72.9 Å². The fourth-order valence-corrected chi connectivity index (χ4v) is 5.94. The van der Waals surface area contributed by atoms with Gasteiger partial charge in [-0.3, -0.25) is 9.78 Å². The highest BCUT2D eigenvalue weighted by Gasteiger charge is 2.44. The SMILES string of the molecule is COc1ccc(S(=O)(=O)c2cnc3ccc(C(=O)NC4C(O)O[C@H](CO)[C@@H](O)[C@@H]4O)cc3c2-n2ccnc2)cc1. The molecule has 1 aliphatic rings. The summed E-state index contributed by atoms with van der Waals surface area (Å²) >= 11 is 0. The van der Waals surface area contributed by atoms with Gasteiger partial charge in [0.1, 0.15) is 35.0 Å². The topological polar surface area (TPSA) is 193 Å². The van der Waals surface area contributed by atoms with E-state index in [1.54, 1.807) is 6.20 Å². The zero-order chi connectivity index (χ0) is 28.6. The Hall–Kier alpha value is -3.92. The highest BCUT2D eigenvalue weighted by Crippen LogP contribution is 2.33. The summed E-state index contributed by atoms with van der Waals surface area (Å²) in [5.41, 5.74) is 0.638. The molecule has 1 amide bonds. The van der Waals surface area contributed by atoms with Crippen LogP contribution in [0.4, 0.5) is 0 Å². The first-order chi connectivity index (χ1) is 19.1. The van der Waals surface area contributed by atoms with Crippen LogP contribution >= 0.6 is 0 Å². The van der Waals surface area contributed by atoms with Crippen molar-refractivity contribution in [3.8, 4) is 11.4 Å². The number of aliphatic hydroxyl groups excluding tert-OH is 4. The number of aliphatic hydroxyl groups is 4. The summed E-state index contributed by atoms with van der Waals surface area (Å²) in [6.07, 6.45) is -0.434. The molecule has 210 valence electrons. The number of benzene rings is 2. The molecule has 0 bridgehead atoms. The molecule has 0 saturated carbocycles. The first-order valence-electron chi connectivity index (χ1n) is 12.1. The summed E-state index contributed by atoms with van der Waals surface area (Å²) in [6, 6.07) is 8.86. The number of hydrogen-bond acceptors (Lipinski definition) is 11. The molecule has 1 fully saturated rings. The molecular formula is C26H26N4O9S. The van der Waals surface area contributed by atoms with Crippen molar-refractivity contribution in [1.29, 1.82) is 0 Å². The number of hydrogen-bond donors (Lipinski definition) is 5. The largest absolute Gasteiger partial charge is 0.497 e. The number of amides is 1. The molecule has 1 aliphatic heterocycles.